The molecule has 15 heavy (non-hydrogen) atoms. The van der Waals surface area contributed by atoms with Crippen molar-refractivity contribution < 1.29 is 9.90 Å². The molecule has 2 unspecified atom stereocenters. The Labute approximate surface area is 96.2 Å². The number of rotatable bonds is 7. The molecule has 3 N–H and O–H groups in total. The molecule has 90 valence electrons. The number of nitrogens with one attached hydrogen (secondary N) is 2. The van der Waals surface area contributed by atoms with Gasteiger partial charge in [-0.25, -0.2) is 4.79 Å². The molecule has 0 aromatic carbocycles. The van der Waals surface area contributed by atoms with E-state index in [1.165, 1.54) is 0 Å². The van der Waals surface area contributed by atoms with Gasteiger partial charge in [0.25, 0.3) is 0 Å². The number of carbonyl (C=O) groups excluding carboxylic acids is 1. The molecule has 2 amide bonds. The Morgan fingerprint density at radius 3 is 2.67 bits per heavy atom. The van der Waals surface area contributed by atoms with E-state index >= 15 is 0 Å². The molecule has 0 rings (SSSR count). The van der Waals surface area contributed by atoms with Crippen LogP contribution in [0.15, 0.2) is 0 Å². The molecule has 0 aromatic rings. The van der Waals surface area contributed by atoms with Crippen molar-refractivity contribution in [3.05, 3.63) is 0 Å². The average Bonchev–Trinajstić information content (AvgIpc) is 2.16. The summed E-state index contributed by atoms with van der Waals surface area (Å²) in [6, 6.07) is 0.0862. The van der Waals surface area contributed by atoms with Crippen LogP contribution in [0.5, 0.6) is 0 Å². The van der Waals surface area contributed by atoms with E-state index in [9.17, 15) is 4.79 Å². The number of urea groups is 1. The van der Waals surface area contributed by atoms with E-state index in [2.05, 4.69) is 17.6 Å². The molecule has 4 nitrogen and oxygen atoms in total. The number of carbonyl (C=O) groups is 1. The monoisotopic (exact) mass is 234 g/mol. The van der Waals surface area contributed by atoms with Crippen LogP contribution in [-0.2, 0) is 0 Å². The highest BCUT2D eigenvalue weighted by atomic mass is 32.2. The Balaban J connectivity index is 3.61. The normalized spacial score (nSPS) is 14.4. The van der Waals surface area contributed by atoms with Crippen LogP contribution in [0.4, 0.5) is 4.79 Å². The molecular formula is C10H22N2O2S. The second-order valence-electron chi connectivity index (χ2n) is 3.60. The van der Waals surface area contributed by atoms with Gasteiger partial charge in [0, 0.05) is 18.3 Å². The van der Waals surface area contributed by atoms with Crippen molar-refractivity contribution in [3.8, 4) is 0 Å². The summed E-state index contributed by atoms with van der Waals surface area (Å²) in [6.45, 7) is 4.28. The molecule has 0 fully saturated rings. The van der Waals surface area contributed by atoms with Gasteiger partial charge in [-0.1, -0.05) is 6.92 Å². The van der Waals surface area contributed by atoms with Crippen molar-refractivity contribution in [1.82, 2.24) is 10.6 Å². The lowest BCUT2D eigenvalue weighted by Gasteiger charge is -2.16. The lowest BCUT2D eigenvalue weighted by molar-refractivity contribution is 0.183. The van der Waals surface area contributed by atoms with Gasteiger partial charge in [0.05, 0.1) is 6.10 Å². The van der Waals surface area contributed by atoms with Gasteiger partial charge in [-0.3, -0.25) is 0 Å². The smallest absolute Gasteiger partial charge is 0.315 e. The standard InChI is InChI=1S/C10H22N2O2S/c1-4-9(7-15-3)12-10(14)11-6-5-8(2)13/h8-9,13H,4-7H2,1-3H3,(H2,11,12,14). The third-order valence-corrected chi connectivity index (χ3v) is 2.78. The first-order valence-corrected chi connectivity index (χ1v) is 6.70. The fourth-order valence-corrected chi connectivity index (χ4v) is 1.82. The number of amides is 2. The van der Waals surface area contributed by atoms with Crippen LogP contribution in [-0.4, -0.2) is 41.8 Å². The maximum absolute atomic E-state index is 11.4. The topological polar surface area (TPSA) is 61.4 Å². The SMILES string of the molecule is CCC(CSC)NC(=O)NCCC(C)O. The van der Waals surface area contributed by atoms with Gasteiger partial charge in [-0.2, -0.15) is 11.8 Å². The summed E-state index contributed by atoms with van der Waals surface area (Å²) in [5, 5.41) is 14.6. The lowest BCUT2D eigenvalue weighted by atomic mass is 10.2. The van der Waals surface area contributed by atoms with E-state index in [1.807, 2.05) is 6.26 Å². The highest BCUT2D eigenvalue weighted by Crippen LogP contribution is 2.00. The molecule has 0 bridgehead atoms. The maximum atomic E-state index is 11.4. The van der Waals surface area contributed by atoms with Crippen molar-refractivity contribution in [3.63, 3.8) is 0 Å². The van der Waals surface area contributed by atoms with Crippen LogP contribution in [0.3, 0.4) is 0 Å². The van der Waals surface area contributed by atoms with Crippen molar-refractivity contribution in [2.45, 2.75) is 38.8 Å². The number of hydrogen-bond acceptors (Lipinski definition) is 3. The zero-order chi connectivity index (χ0) is 11.7. The fourth-order valence-electron chi connectivity index (χ4n) is 1.09. The molecular weight excluding hydrogens is 212 g/mol. The van der Waals surface area contributed by atoms with Gasteiger partial charge in [-0.15, -0.1) is 0 Å². The second kappa shape index (κ2) is 8.85. The molecule has 0 saturated carbocycles. The minimum Gasteiger partial charge on any atom is -0.393 e. The van der Waals surface area contributed by atoms with E-state index in [-0.39, 0.29) is 18.2 Å². The Kier molecular flexibility index (Phi) is 8.61. The number of aliphatic hydroxyl groups is 1. The predicted molar refractivity (Wildman–Crippen MR) is 65.3 cm³/mol. The highest BCUT2D eigenvalue weighted by Gasteiger charge is 2.08. The summed E-state index contributed by atoms with van der Waals surface area (Å²) in [7, 11) is 0. The molecule has 0 radical (unpaired) electrons. The molecule has 0 heterocycles. The van der Waals surface area contributed by atoms with Gasteiger partial charge < -0.3 is 15.7 Å². The molecule has 0 saturated heterocycles. The van der Waals surface area contributed by atoms with Gasteiger partial charge >= 0.3 is 6.03 Å². The molecule has 0 aliphatic rings. The number of aliphatic hydroxyl groups excluding tert-OH is 1. The molecule has 0 aliphatic heterocycles. The first-order chi connectivity index (χ1) is 7.10. The van der Waals surface area contributed by atoms with Crippen molar-refractivity contribution >= 4 is 17.8 Å². The average molecular weight is 234 g/mol. The van der Waals surface area contributed by atoms with E-state index in [0.717, 1.165) is 12.2 Å². The van der Waals surface area contributed by atoms with E-state index in [4.69, 9.17) is 5.11 Å². The predicted octanol–water partition coefficient (Wildman–Crippen LogP) is 1.20. The van der Waals surface area contributed by atoms with Crippen LogP contribution < -0.4 is 10.6 Å². The lowest BCUT2D eigenvalue weighted by Crippen LogP contribution is -2.43. The largest absolute Gasteiger partial charge is 0.393 e. The zero-order valence-electron chi connectivity index (χ0n) is 9.75. The van der Waals surface area contributed by atoms with Gasteiger partial charge in [0.2, 0.25) is 0 Å². The maximum Gasteiger partial charge on any atom is 0.315 e. The van der Waals surface area contributed by atoms with E-state index in [1.54, 1.807) is 18.7 Å². The summed E-state index contributed by atoms with van der Waals surface area (Å²) >= 11 is 1.72. The van der Waals surface area contributed by atoms with Crippen LogP contribution >= 0.6 is 11.8 Å². The van der Waals surface area contributed by atoms with E-state index < -0.39 is 0 Å². The fraction of sp³-hybridized carbons (Fsp3) is 0.900. The minimum atomic E-state index is -0.363. The van der Waals surface area contributed by atoms with Crippen LogP contribution in [0.25, 0.3) is 0 Å². The third-order valence-electron chi connectivity index (χ3n) is 2.04. The van der Waals surface area contributed by atoms with Gasteiger partial charge in [0.15, 0.2) is 0 Å². The Hall–Kier alpha value is -0.420. The number of thioether (sulfide) groups is 1. The summed E-state index contributed by atoms with van der Waals surface area (Å²) in [5.41, 5.74) is 0. The summed E-state index contributed by atoms with van der Waals surface area (Å²) in [4.78, 5) is 11.4. The molecule has 2 atom stereocenters. The van der Waals surface area contributed by atoms with E-state index in [0.29, 0.717) is 13.0 Å². The molecule has 0 spiro atoms. The quantitative estimate of drug-likeness (QED) is 0.620. The number of hydrogen-bond donors (Lipinski definition) is 3. The Morgan fingerprint density at radius 2 is 2.20 bits per heavy atom. The molecule has 0 aliphatic carbocycles. The van der Waals surface area contributed by atoms with Crippen molar-refractivity contribution in [2.24, 2.45) is 0 Å². The minimum absolute atomic E-state index is 0.142. The van der Waals surface area contributed by atoms with Crippen molar-refractivity contribution in [1.29, 1.82) is 0 Å². The first kappa shape index (κ1) is 14.6. The summed E-state index contributed by atoms with van der Waals surface area (Å²) < 4.78 is 0. The first-order valence-electron chi connectivity index (χ1n) is 5.31. The van der Waals surface area contributed by atoms with Gasteiger partial charge in [-0.05, 0) is 26.0 Å². The van der Waals surface area contributed by atoms with Crippen LogP contribution in [0.2, 0.25) is 0 Å². The van der Waals surface area contributed by atoms with Crippen molar-refractivity contribution in [2.75, 3.05) is 18.6 Å². The summed E-state index contributed by atoms with van der Waals surface area (Å²) in [5.74, 6) is 0.931. The summed E-state index contributed by atoms with van der Waals surface area (Å²) in [6.07, 6.45) is 3.19. The molecule has 0 aromatic heterocycles. The second-order valence-corrected chi connectivity index (χ2v) is 4.51. The van der Waals surface area contributed by atoms with Crippen LogP contribution in [0.1, 0.15) is 26.7 Å². The molecule has 5 heteroatoms. The zero-order valence-corrected chi connectivity index (χ0v) is 10.6. The third kappa shape index (κ3) is 8.57. The highest BCUT2D eigenvalue weighted by molar-refractivity contribution is 7.98. The van der Waals surface area contributed by atoms with Gasteiger partial charge in [0.1, 0.15) is 0 Å². The Bertz CT molecular complexity index is 177. The Morgan fingerprint density at radius 1 is 1.53 bits per heavy atom. The van der Waals surface area contributed by atoms with Crippen LogP contribution in [0, 0.1) is 0 Å².